The number of aromatic nitrogens is 2. The third-order valence-electron chi connectivity index (χ3n) is 6.24. The second kappa shape index (κ2) is 10.7. The Labute approximate surface area is 218 Å². The number of nitrogens with one attached hydrogen (secondary N) is 1. The Kier molecular flexibility index (Phi) is 7.03. The van der Waals surface area contributed by atoms with Crippen LogP contribution in [0, 0.1) is 0 Å². The van der Waals surface area contributed by atoms with Crippen LogP contribution in [-0.4, -0.2) is 55.3 Å². The molecule has 0 saturated heterocycles. The van der Waals surface area contributed by atoms with E-state index in [1.54, 1.807) is 47.6 Å². The number of carbonyl (C=O) groups excluding carboxylic acids is 1. The number of hydrogen-bond acceptors (Lipinski definition) is 8. The first-order valence-corrected chi connectivity index (χ1v) is 11.9. The molecule has 1 N–H and O–H groups in total. The van der Waals surface area contributed by atoms with E-state index in [0.717, 1.165) is 10.9 Å². The summed E-state index contributed by atoms with van der Waals surface area (Å²) in [5.41, 5.74) is 1.87. The number of pyridine rings is 2. The predicted octanol–water partition coefficient (Wildman–Crippen LogP) is 3.56. The fourth-order valence-corrected chi connectivity index (χ4v) is 4.41. The van der Waals surface area contributed by atoms with E-state index in [4.69, 9.17) is 23.7 Å². The summed E-state index contributed by atoms with van der Waals surface area (Å²) >= 11 is 0. The smallest absolute Gasteiger partial charge is 0.254 e. The average molecular weight is 518 g/mol. The second-order valence-electron chi connectivity index (χ2n) is 8.64. The first kappa shape index (κ1) is 24.9. The van der Waals surface area contributed by atoms with Crippen LogP contribution in [0.5, 0.6) is 28.7 Å². The fourth-order valence-electron chi connectivity index (χ4n) is 4.41. The summed E-state index contributed by atoms with van der Waals surface area (Å²) in [6, 6.07) is 12.2. The Bertz CT molecular complexity index is 1510. The highest BCUT2D eigenvalue weighted by atomic mass is 16.6. The lowest BCUT2D eigenvalue weighted by Gasteiger charge is -2.24. The van der Waals surface area contributed by atoms with Crippen LogP contribution in [0.2, 0.25) is 0 Å². The van der Waals surface area contributed by atoms with Gasteiger partial charge in [0.05, 0.1) is 33.4 Å². The van der Waals surface area contributed by atoms with E-state index < -0.39 is 0 Å². The molecule has 1 amide bonds. The van der Waals surface area contributed by atoms with Crippen LogP contribution in [0.3, 0.4) is 0 Å². The number of H-pyrrole nitrogens is 1. The Hall–Kier alpha value is -4.73. The van der Waals surface area contributed by atoms with Crippen LogP contribution >= 0.6 is 0 Å². The van der Waals surface area contributed by atoms with E-state index in [1.807, 2.05) is 12.1 Å². The molecule has 0 atom stereocenters. The van der Waals surface area contributed by atoms with Crippen LogP contribution in [0.4, 0.5) is 0 Å². The molecule has 2 aromatic heterocycles. The van der Waals surface area contributed by atoms with E-state index in [0.29, 0.717) is 58.6 Å². The molecular formula is C28H27N3O7. The summed E-state index contributed by atoms with van der Waals surface area (Å²) in [6.45, 7) is 1.18. The molecule has 0 unspecified atom stereocenters. The van der Waals surface area contributed by atoms with Crippen molar-refractivity contribution in [3.63, 3.8) is 0 Å². The summed E-state index contributed by atoms with van der Waals surface area (Å²) in [5.74, 6) is 1.96. The topological polar surface area (TPSA) is 112 Å². The van der Waals surface area contributed by atoms with Crippen molar-refractivity contribution in [3.05, 3.63) is 81.9 Å². The lowest BCUT2D eigenvalue weighted by molar-refractivity contribution is 0.0728. The summed E-state index contributed by atoms with van der Waals surface area (Å²) in [7, 11) is 4.47. The minimum Gasteiger partial charge on any atom is -0.493 e. The molecule has 10 heteroatoms. The lowest BCUT2D eigenvalue weighted by Crippen LogP contribution is -2.32. The van der Waals surface area contributed by atoms with Gasteiger partial charge < -0.3 is 33.6 Å². The number of benzene rings is 2. The zero-order chi connectivity index (χ0) is 26.6. The van der Waals surface area contributed by atoms with Crippen molar-refractivity contribution in [2.75, 3.05) is 34.5 Å². The van der Waals surface area contributed by atoms with E-state index in [2.05, 4.69) is 9.97 Å². The minimum atomic E-state index is -0.324. The fraction of sp³-hybridized carbons (Fsp3) is 0.250. The molecule has 0 aliphatic carbocycles. The van der Waals surface area contributed by atoms with E-state index in [1.165, 1.54) is 21.3 Å². The Balaban J connectivity index is 1.54. The van der Waals surface area contributed by atoms with Gasteiger partial charge in [-0.05, 0) is 35.9 Å². The number of methoxy groups -OCH3 is 3. The van der Waals surface area contributed by atoms with Crippen molar-refractivity contribution in [2.45, 2.75) is 13.1 Å². The molecule has 0 radical (unpaired) electrons. The maximum atomic E-state index is 13.9. The van der Waals surface area contributed by atoms with Gasteiger partial charge in [0.2, 0.25) is 5.75 Å². The third kappa shape index (κ3) is 4.93. The average Bonchev–Trinajstić information content (AvgIpc) is 2.95. The van der Waals surface area contributed by atoms with Gasteiger partial charge >= 0.3 is 0 Å². The van der Waals surface area contributed by atoms with Gasteiger partial charge in [0.1, 0.15) is 13.2 Å². The Morgan fingerprint density at radius 3 is 2.32 bits per heavy atom. The summed E-state index contributed by atoms with van der Waals surface area (Å²) < 4.78 is 27.6. The van der Waals surface area contributed by atoms with Gasteiger partial charge in [-0.15, -0.1) is 0 Å². The largest absolute Gasteiger partial charge is 0.493 e. The number of amides is 1. The number of rotatable bonds is 8. The second-order valence-corrected chi connectivity index (χ2v) is 8.64. The maximum absolute atomic E-state index is 13.9. The van der Waals surface area contributed by atoms with Gasteiger partial charge in [0.25, 0.3) is 11.5 Å². The van der Waals surface area contributed by atoms with Crippen molar-refractivity contribution in [1.29, 1.82) is 0 Å². The molecular weight excluding hydrogens is 490 g/mol. The molecule has 1 aliphatic heterocycles. The monoisotopic (exact) mass is 517 g/mol. The van der Waals surface area contributed by atoms with E-state index >= 15 is 0 Å². The van der Waals surface area contributed by atoms with Crippen LogP contribution in [0.15, 0.2) is 59.7 Å². The summed E-state index contributed by atoms with van der Waals surface area (Å²) in [6.07, 6.45) is 3.35. The van der Waals surface area contributed by atoms with E-state index in [-0.39, 0.29) is 24.6 Å². The third-order valence-corrected chi connectivity index (χ3v) is 6.24. The number of aromatic amines is 1. The van der Waals surface area contributed by atoms with Crippen molar-refractivity contribution in [2.24, 2.45) is 0 Å². The van der Waals surface area contributed by atoms with Crippen LogP contribution in [0.25, 0.3) is 10.9 Å². The lowest BCUT2D eigenvalue weighted by atomic mass is 10.1. The minimum absolute atomic E-state index is 0.0457. The van der Waals surface area contributed by atoms with Crippen molar-refractivity contribution in [3.8, 4) is 28.7 Å². The van der Waals surface area contributed by atoms with Gasteiger partial charge in [-0.3, -0.25) is 14.6 Å². The van der Waals surface area contributed by atoms with Crippen molar-refractivity contribution < 1.29 is 28.5 Å². The molecule has 38 heavy (non-hydrogen) atoms. The molecule has 4 aromatic rings. The first-order chi connectivity index (χ1) is 18.5. The van der Waals surface area contributed by atoms with Gasteiger partial charge in [-0.2, -0.15) is 0 Å². The molecule has 5 rings (SSSR count). The molecule has 0 fully saturated rings. The maximum Gasteiger partial charge on any atom is 0.254 e. The number of hydrogen-bond donors (Lipinski definition) is 1. The van der Waals surface area contributed by atoms with Crippen LogP contribution in [-0.2, 0) is 13.1 Å². The summed E-state index contributed by atoms with van der Waals surface area (Å²) in [4.78, 5) is 35.6. The molecule has 196 valence electrons. The van der Waals surface area contributed by atoms with Gasteiger partial charge in [0.15, 0.2) is 23.0 Å². The number of nitrogens with zero attached hydrogens (tertiary/aromatic N) is 2. The first-order valence-electron chi connectivity index (χ1n) is 11.9. The Morgan fingerprint density at radius 1 is 0.974 bits per heavy atom. The van der Waals surface area contributed by atoms with Crippen LogP contribution in [0.1, 0.15) is 21.5 Å². The number of ether oxygens (including phenoxy) is 5. The van der Waals surface area contributed by atoms with Gasteiger partial charge in [-0.1, -0.05) is 6.07 Å². The van der Waals surface area contributed by atoms with Crippen molar-refractivity contribution in [1.82, 2.24) is 14.9 Å². The zero-order valence-corrected chi connectivity index (χ0v) is 21.3. The molecule has 0 saturated carbocycles. The van der Waals surface area contributed by atoms with Crippen molar-refractivity contribution >= 4 is 16.8 Å². The Morgan fingerprint density at radius 2 is 1.68 bits per heavy atom. The number of fused-ring (bicyclic) bond motifs is 2. The standard InChI is InChI=1S/C28H27N3O7/c1-34-24-11-19(12-25(35-2)26(24)36-3)28(33)31(15-17-5-4-6-29-14-17)16-20-9-18-10-22-23(38-8-7-37-22)13-21(18)30-27(20)32/h4-6,9-14H,7-8,15-16H2,1-3H3,(H,30,32). The predicted molar refractivity (Wildman–Crippen MR) is 139 cm³/mol. The van der Waals surface area contributed by atoms with Gasteiger partial charge in [-0.25, -0.2) is 0 Å². The molecule has 3 heterocycles. The normalized spacial score (nSPS) is 12.2. The zero-order valence-electron chi connectivity index (χ0n) is 21.3. The molecule has 10 nitrogen and oxygen atoms in total. The van der Waals surface area contributed by atoms with Gasteiger partial charge in [0, 0.05) is 41.5 Å². The molecule has 0 spiro atoms. The van der Waals surface area contributed by atoms with Crippen LogP contribution < -0.4 is 29.2 Å². The van der Waals surface area contributed by atoms with E-state index in [9.17, 15) is 9.59 Å². The summed E-state index contributed by atoms with van der Waals surface area (Å²) in [5, 5.41) is 0.769. The SMILES string of the molecule is COc1cc(C(=O)N(Cc2cccnc2)Cc2cc3cc4c(cc3[nH]c2=O)OCCO4)cc(OC)c1OC. The highest BCUT2D eigenvalue weighted by Gasteiger charge is 2.23. The quantitative estimate of drug-likeness (QED) is 0.378. The highest BCUT2D eigenvalue weighted by Crippen LogP contribution is 2.39. The highest BCUT2D eigenvalue weighted by molar-refractivity contribution is 5.95. The molecule has 2 aromatic carbocycles. The molecule has 1 aliphatic rings. The number of carbonyl (C=O) groups is 1. The molecule has 0 bridgehead atoms.